The number of piperidine rings is 1. The first-order chi connectivity index (χ1) is 13.6. The van der Waals surface area contributed by atoms with Crippen molar-refractivity contribution in [1.29, 1.82) is 0 Å². The number of nitrogens with one attached hydrogen (secondary N) is 2. The van der Waals surface area contributed by atoms with Crippen LogP contribution in [0.5, 0.6) is 0 Å². The second kappa shape index (κ2) is 10.6. The maximum atomic E-state index is 12.7. The number of rotatable bonds is 7. The van der Waals surface area contributed by atoms with Crippen LogP contribution in [0.2, 0.25) is 10.0 Å². The molecule has 29 heavy (non-hydrogen) atoms. The Morgan fingerprint density at radius 3 is 2.21 bits per heavy atom. The zero-order chi connectivity index (χ0) is 21.7. The second-order valence-corrected chi connectivity index (χ2v) is 9.27. The molecule has 0 bridgehead atoms. The molecular weight excluding hydrogens is 409 g/mol. The zero-order valence-corrected chi connectivity index (χ0v) is 19.5. The number of hydrogen-bond acceptors (Lipinski definition) is 3. The third-order valence-corrected chi connectivity index (χ3v) is 6.55. The molecular formula is C22H33Cl2N3O2. The minimum absolute atomic E-state index is 0.0227. The number of benzene rings is 1. The Balaban J connectivity index is 1.85. The molecule has 2 rings (SSSR count). The van der Waals surface area contributed by atoms with E-state index in [1.54, 1.807) is 12.1 Å². The van der Waals surface area contributed by atoms with E-state index in [4.69, 9.17) is 23.2 Å². The molecule has 1 aliphatic rings. The SMILES string of the molecule is CC(NC(=O)C(C)N1CCC(C(=O)NC(C)C(C)C)CC1)c1ccc(Cl)cc1Cl. The van der Waals surface area contributed by atoms with Gasteiger partial charge in [0.05, 0.1) is 12.1 Å². The molecule has 0 spiro atoms. The number of likely N-dealkylation sites (tertiary alicyclic amines) is 1. The van der Waals surface area contributed by atoms with E-state index in [1.807, 2.05) is 26.8 Å². The highest BCUT2D eigenvalue weighted by Gasteiger charge is 2.31. The molecule has 0 saturated carbocycles. The summed E-state index contributed by atoms with van der Waals surface area (Å²) in [6.07, 6.45) is 1.54. The van der Waals surface area contributed by atoms with Crippen LogP contribution in [-0.2, 0) is 9.59 Å². The van der Waals surface area contributed by atoms with Crippen molar-refractivity contribution >= 4 is 35.0 Å². The monoisotopic (exact) mass is 441 g/mol. The first-order valence-electron chi connectivity index (χ1n) is 10.4. The second-order valence-electron chi connectivity index (χ2n) is 8.42. The first-order valence-corrected chi connectivity index (χ1v) is 11.2. The van der Waals surface area contributed by atoms with Gasteiger partial charge in [0.15, 0.2) is 0 Å². The van der Waals surface area contributed by atoms with Crippen molar-refractivity contribution in [1.82, 2.24) is 15.5 Å². The predicted octanol–water partition coefficient (Wildman–Crippen LogP) is 4.43. The average Bonchev–Trinajstić information content (AvgIpc) is 2.67. The molecule has 5 nitrogen and oxygen atoms in total. The standard InChI is InChI=1S/C22H33Cl2N3O2/c1-13(2)14(3)25-22(29)17-8-10-27(11-9-17)16(5)21(28)26-15(4)19-7-6-18(23)12-20(19)24/h6-7,12-17H,8-11H2,1-5H3,(H,25,29)(H,26,28). The topological polar surface area (TPSA) is 61.4 Å². The molecule has 1 fully saturated rings. The Morgan fingerprint density at radius 1 is 1.03 bits per heavy atom. The van der Waals surface area contributed by atoms with E-state index in [-0.39, 0.29) is 35.9 Å². The van der Waals surface area contributed by atoms with E-state index in [9.17, 15) is 9.59 Å². The van der Waals surface area contributed by atoms with Crippen LogP contribution in [0.1, 0.15) is 59.1 Å². The molecule has 1 aromatic rings. The van der Waals surface area contributed by atoms with Gasteiger partial charge in [-0.3, -0.25) is 14.5 Å². The smallest absolute Gasteiger partial charge is 0.237 e. The van der Waals surface area contributed by atoms with Crippen LogP contribution in [0.25, 0.3) is 0 Å². The summed E-state index contributed by atoms with van der Waals surface area (Å²) in [5.74, 6) is 0.530. The lowest BCUT2D eigenvalue weighted by atomic mass is 9.94. The van der Waals surface area contributed by atoms with Crippen LogP contribution >= 0.6 is 23.2 Å². The van der Waals surface area contributed by atoms with Crippen molar-refractivity contribution in [2.24, 2.45) is 11.8 Å². The number of nitrogens with zero attached hydrogens (tertiary/aromatic N) is 1. The lowest BCUT2D eigenvalue weighted by Gasteiger charge is -2.35. The number of halogens is 2. The van der Waals surface area contributed by atoms with Crippen LogP contribution in [0, 0.1) is 11.8 Å². The quantitative estimate of drug-likeness (QED) is 0.657. The van der Waals surface area contributed by atoms with Gasteiger partial charge in [0, 0.05) is 22.0 Å². The van der Waals surface area contributed by atoms with Gasteiger partial charge in [-0.1, -0.05) is 43.1 Å². The molecule has 0 aliphatic carbocycles. The lowest BCUT2D eigenvalue weighted by Crippen LogP contribution is -2.50. The third kappa shape index (κ3) is 6.59. The molecule has 1 aliphatic heterocycles. The van der Waals surface area contributed by atoms with Gasteiger partial charge in [-0.05, 0) is 70.3 Å². The van der Waals surface area contributed by atoms with Crippen LogP contribution < -0.4 is 10.6 Å². The van der Waals surface area contributed by atoms with E-state index >= 15 is 0 Å². The van der Waals surface area contributed by atoms with Crippen molar-refractivity contribution in [2.45, 2.75) is 65.6 Å². The molecule has 2 amide bonds. The van der Waals surface area contributed by atoms with Crippen LogP contribution in [0.3, 0.4) is 0 Å². The summed E-state index contributed by atoms with van der Waals surface area (Å²) in [4.78, 5) is 27.3. The van der Waals surface area contributed by atoms with Gasteiger partial charge in [0.2, 0.25) is 11.8 Å². The Hall–Kier alpha value is -1.30. The summed E-state index contributed by atoms with van der Waals surface area (Å²) in [5.41, 5.74) is 0.839. The molecule has 2 N–H and O–H groups in total. The van der Waals surface area contributed by atoms with Gasteiger partial charge in [-0.2, -0.15) is 0 Å². The van der Waals surface area contributed by atoms with E-state index in [1.165, 1.54) is 0 Å². The number of amides is 2. The van der Waals surface area contributed by atoms with Crippen LogP contribution in [0.4, 0.5) is 0 Å². The summed E-state index contributed by atoms with van der Waals surface area (Å²) in [7, 11) is 0. The van der Waals surface area contributed by atoms with E-state index < -0.39 is 0 Å². The average molecular weight is 442 g/mol. The van der Waals surface area contributed by atoms with Crippen molar-refractivity contribution in [2.75, 3.05) is 13.1 Å². The molecule has 1 saturated heterocycles. The molecule has 1 heterocycles. The fraction of sp³-hybridized carbons (Fsp3) is 0.636. The normalized spacial score (nSPS) is 18.9. The molecule has 1 aromatic carbocycles. The maximum absolute atomic E-state index is 12.7. The third-order valence-electron chi connectivity index (χ3n) is 5.99. The number of carbonyl (C=O) groups is 2. The molecule has 0 radical (unpaired) electrons. The highest BCUT2D eigenvalue weighted by atomic mass is 35.5. The van der Waals surface area contributed by atoms with Crippen molar-refractivity contribution in [3.8, 4) is 0 Å². The van der Waals surface area contributed by atoms with Crippen molar-refractivity contribution < 1.29 is 9.59 Å². The summed E-state index contributed by atoms with van der Waals surface area (Å²) >= 11 is 12.2. The fourth-order valence-electron chi connectivity index (χ4n) is 3.49. The lowest BCUT2D eigenvalue weighted by molar-refractivity contribution is -0.129. The highest BCUT2D eigenvalue weighted by molar-refractivity contribution is 6.35. The van der Waals surface area contributed by atoms with E-state index in [0.29, 0.717) is 16.0 Å². The van der Waals surface area contributed by atoms with Gasteiger partial charge >= 0.3 is 0 Å². The predicted molar refractivity (Wildman–Crippen MR) is 119 cm³/mol. The minimum atomic E-state index is -0.262. The summed E-state index contributed by atoms with van der Waals surface area (Å²) in [5, 5.41) is 7.26. The van der Waals surface area contributed by atoms with Gasteiger partial charge in [-0.25, -0.2) is 0 Å². The molecule has 3 unspecified atom stereocenters. The highest BCUT2D eigenvalue weighted by Crippen LogP contribution is 2.26. The Labute approximate surface area is 184 Å². The van der Waals surface area contributed by atoms with Gasteiger partial charge in [0.25, 0.3) is 0 Å². The molecule has 7 heteroatoms. The minimum Gasteiger partial charge on any atom is -0.353 e. The first kappa shape index (κ1) is 24.0. The largest absolute Gasteiger partial charge is 0.353 e. The van der Waals surface area contributed by atoms with Crippen molar-refractivity contribution in [3.63, 3.8) is 0 Å². The van der Waals surface area contributed by atoms with Crippen molar-refractivity contribution in [3.05, 3.63) is 33.8 Å². The zero-order valence-electron chi connectivity index (χ0n) is 18.0. The summed E-state index contributed by atoms with van der Waals surface area (Å²) in [6.45, 7) is 11.5. The molecule has 3 atom stereocenters. The number of hydrogen-bond donors (Lipinski definition) is 2. The van der Waals surface area contributed by atoms with Crippen LogP contribution in [-0.4, -0.2) is 41.9 Å². The Kier molecular flexibility index (Phi) is 8.80. The molecule has 0 aromatic heterocycles. The van der Waals surface area contributed by atoms with Gasteiger partial charge < -0.3 is 10.6 Å². The van der Waals surface area contributed by atoms with Gasteiger partial charge in [0.1, 0.15) is 0 Å². The fourth-order valence-corrected chi connectivity index (χ4v) is 4.06. The van der Waals surface area contributed by atoms with Crippen LogP contribution in [0.15, 0.2) is 18.2 Å². The van der Waals surface area contributed by atoms with E-state index in [2.05, 4.69) is 29.4 Å². The van der Waals surface area contributed by atoms with E-state index in [0.717, 1.165) is 31.5 Å². The van der Waals surface area contributed by atoms with Gasteiger partial charge in [-0.15, -0.1) is 0 Å². The summed E-state index contributed by atoms with van der Waals surface area (Å²) in [6, 6.07) is 4.98. The summed E-state index contributed by atoms with van der Waals surface area (Å²) < 4.78 is 0. The number of carbonyl (C=O) groups excluding carboxylic acids is 2. The maximum Gasteiger partial charge on any atom is 0.237 e. The Morgan fingerprint density at radius 2 is 1.66 bits per heavy atom. The Bertz CT molecular complexity index is 718. The molecule has 162 valence electrons.